The van der Waals surface area contributed by atoms with Gasteiger partial charge in [-0.15, -0.1) is 0 Å². The first-order valence-corrected chi connectivity index (χ1v) is 8.72. The standard InChI is InChI=1S/C18H25ClN2O3/c1-20(2)9-13-6-7-18(24-10-13)11-21(12-18)17(22)14-4-5-16(23-3)15(19)8-14/h4-5,8,13H,6-7,9-12H2,1-3H3/t13-/m0/s1. The molecule has 1 spiro atoms. The van der Waals surface area contributed by atoms with E-state index in [-0.39, 0.29) is 11.5 Å². The molecule has 0 saturated carbocycles. The Bertz CT molecular complexity index is 604. The first-order chi connectivity index (χ1) is 11.4. The molecule has 1 amide bonds. The smallest absolute Gasteiger partial charge is 0.254 e. The lowest BCUT2D eigenvalue weighted by Crippen LogP contribution is -2.66. The van der Waals surface area contributed by atoms with Gasteiger partial charge in [0.1, 0.15) is 11.4 Å². The quantitative estimate of drug-likeness (QED) is 0.835. The Labute approximate surface area is 148 Å². The number of methoxy groups -OCH3 is 1. The van der Waals surface area contributed by atoms with Gasteiger partial charge in [-0.1, -0.05) is 11.6 Å². The van der Waals surface area contributed by atoms with Crippen LogP contribution in [-0.4, -0.2) is 68.8 Å². The van der Waals surface area contributed by atoms with E-state index in [0.29, 0.717) is 35.3 Å². The Morgan fingerprint density at radius 3 is 2.75 bits per heavy atom. The molecule has 0 radical (unpaired) electrons. The monoisotopic (exact) mass is 352 g/mol. The maximum Gasteiger partial charge on any atom is 0.254 e. The van der Waals surface area contributed by atoms with Gasteiger partial charge in [0.15, 0.2) is 0 Å². The molecule has 3 rings (SSSR count). The number of carbonyl (C=O) groups excluding carboxylic acids is 1. The lowest BCUT2D eigenvalue weighted by Gasteiger charge is -2.53. The molecule has 24 heavy (non-hydrogen) atoms. The Balaban J connectivity index is 1.55. The first kappa shape index (κ1) is 17.5. The molecule has 2 heterocycles. The molecule has 1 aromatic rings. The number of ether oxygens (including phenoxy) is 2. The maximum atomic E-state index is 12.6. The van der Waals surface area contributed by atoms with Gasteiger partial charge in [0.2, 0.25) is 0 Å². The van der Waals surface area contributed by atoms with E-state index >= 15 is 0 Å². The van der Waals surface area contributed by atoms with Gasteiger partial charge < -0.3 is 19.3 Å². The molecule has 1 aromatic carbocycles. The van der Waals surface area contributed by atoms with Crippen LogP contribution in [0, 0.1) is 5.92 Å². The number of amides is 1. The molecule has 2 aliphatic heterocycles. The Kier molecular flexibility index (Phi) is 5.04. The number of hydrogen-bond donors (Lipinski definition) is 0. The highest BCUT2D eigenvalue weighted by atomic mass is 35.5. The molecule has 1 atom stereocenters. The van der Waals surface area contributed by atoms with Crippen LogP contribution in [0.25, 0.3) is 0 Å². The second-order valence-corrected chi connectivity index (χ2v) is 7.58. The number of halogens is 1. The van der Waals surface area contributed by atoms with E-state index in [1.54, 1.807) is 25.3 Å². The number of benzene rings is 1. The van der Waals surface area contributed by atoms with E-state index in [1.807, 2.05) is 4.90 Å². The fourth-order valence-electron chi connectivity index (χ4n) is 3.60. The SMILES string of the molecule is COc1ccc(C(=O)N2CC3(CC[C@@H](CN(C)C)CO3)C2)cc1Cl. The van der Waals surface area contributed by atoms with E-state index in [1.165, 1.54) is 0 Å². The number of hydrogen-bond acceptors (Lipinski definition) is 4. The molecule has 0 bridgehead atoms. The van der Waals surface area contributed by atoms with Crippen LogP contribution in [0.4, 0.5) is 0 Å². The zero-order chi connectivity index (χ0) is 17.3. The van der Waals surface area contributed by atoms with Gasteiger partial charge in [-0.3, -0.25) is 4.79 Å². The largest absolute Gasteiger partial charge is 0.495 e. The van der Waals surface area contributed by atoms with Crippen molar-refractivity contribution < 1.29 is 14.3 Å². The summed E-state index contributed by atoms with van der Waals surface area (Å²) in [5.74, 6) is 1.18. The topological polar surface area (TPSA) is 42.0 Å². The van der Waals surface area contributed by atoms with Crippen LogP contribution in [0.3, 0.4) is 0 Å². The zero-order valence-corrected chi connectivity index (χ0v) is 15.3. The van der Waals surface area contributed by atoms with Crippen molar-refractivity contribution in [3.8, 4) is 5.75 Å². The second kappa shape index (κ2) is 6.90. The van der Waals surface area contributed by atoms with Gasteiger partial charge >= 0.3 is 0 Å². The van der Waals surface area contributed by atoms with Crippen molar-refractivity contribution in [3.05, 3.63) is 28.8 Å². The van der Waals surface area contributed by atoms with Crippen molar-refractivity contribution in [3.63, 3.8) is 0 Å². The van der Waals surface area contributed by atoms with Gasteiger partial charge in [0, 0.05) is 12.1 Å². The molecule has 0 aliphatic carbocycles. The summed E-state index contributed by atoms with van der Waals surface area (Å²) in [5.41, 5.74) is 0.464. The summed E-state index contributed by atoms with van der Waals surface area (Å²) in [6.07, 6.45) is 2.19. The molecule has 5 nitrogen and oxygen atoms in total. The third-order valence-electron chi connectivity index (χ3n) is 4.90. The van der Waals surface area contributed by atoms with Gasteiger partial charge in [0.25, 0.3) is 5.91 Å². The van der Waals surface area contributed by atoms with Crippen molar-refractivity contribution in [2.45, 2.75) is 18.4 Å². The van der Waals surface area contributed by atoms with E-state index in [4.69, 9.17) is 21.1 Å². The predicted molar refractivity (Wildman–Crippen MR) is 93.9 cm³/mol. The average molecular weight is 353 g/mol. The first-order valence-electron chi connectivity index (χ1n) is 8.34. The molecule has 132 valence electrons. The van der Waals surface area contributed by atoms with Crippen molar-refractivity contribution in [2.24, 2.45) is 5.92 Å². The Morgan fingerprint density at radius 2 is 2.21 bits per heavy atom. The van der Waals surface area contributed by atoms with Crippen LogP contribution in [0.15, 0.2) is 18.2 Å². The summed E-state index contributed by atoms with van der Waals surface area (Å²) < 4.78 is 11.3. The minimum absolute atomic E-state index is 0.00388. The minimum atomic E-state index is -0.130. The summed E-state index contributed by atoms with van der Waals surface area (Å²) in [5, 5.41) is 0.457. The van der Waals surface area contributed by atoms with Crippen molar-refractivity contribution in [1.29, 1.82) is 0 Å². The molecule has 2 saturated heterocycles. The average Bonchev–Trinajstić information content (AvgIpc) is 2.52. The predicted octanol–water partition coefficient (Wildman–Crippen LogP) is 2.53. The molecule has 0 unspecified atom stereocenters. The van der Waals surface area contributed by atoms with Gasteiger partial charge in [-0.25, -0.2) is 0 Å². The summed E-state index contributed by atoms with van der Waals surface area (Å²) in [4.78, 5) is 16.6. The van der Waals surface area contributed by atoms with Crippen LogP contribution in [-0.2, 0) is 4.74 Å². The molecule has 6 heteroatoms. The second-order valence-electron chi connectivity index (χ2n) is 7.17. The van der Waals surface area contributed by atoms with E-state index < -0.39 is 0 Å². The molecule has 2 fully saturated rings. The third kappa shape index (κ3) is 3.53. The van der Waals surface area contributed by atoms with Crippen molar-refractivity contribution >= 4 is 17.5 Å². The number of rotatable bonds is 4. The highest BCUT2D eigenvalue weighted by molar-refractivity contribution is 6.32. The van der Waals surface area contributed by atoms with Crippen LogP contribution in [0.1, 0.15) is 23.2 Å². The fraction of sp³-hybridized carbons (Fsp3) is 0.611. The molecule has 2 aliphatic rings. The molecule has 0 aromatic heterocycles. The number of likely N-dealkylation sites (tertiary alicyclic amines) is 1. The number of nitrogens with zero attached hydrogens (tertiary/aromatic N) is 2. The van der Waals surface area contributed by atoms with Crippen LogP contribution in [0.5, 0.6) is 5.75 Å². The van der Waals surface area contributed by atoms with E-state index in [9.17, 15) is 4.79 Å². The maximum absolute atomic E-state index is 12.6. The van der Waals surface area contributed by atoms with Crippen LogP contribution >= 0.6 is 11.6 Å². The summed E-state index contributed by atoms with van der Waals surface area (Å²) in [6.45, 7) is 3.19. The van der Waals surface area contributed by atoms with E-state index in [2.05, 4.69) is 19.0 Å². The van der Waals surface area contributed by atoms with Crippen LogP contribution < -0.4 is 4.74 Å². The highest BCUT2D eigenvalue weighted by Gasteiger charge is 2.48. The van der Waals surface area contributed by atoms with Gasteiger partial charge in [0.05, 0.1) is 31.8 Å². The van der Waals surface area contributed by atoms with Gasteiger partial charge in [-0.2, -0.15) is 0 Å². The normalized spacial score (nSPS) is 22.5. The minimum Gasteiger partial charge on any atom is -0.495 e. The fourth-order valence-corrected chi connectivity index (χ4v) is 3.86. The summed E-state index contributed by atoms with van der Waals surface area (Å²) >= 11 is 6.11. The third-order valence-corrected chi connectivity index (χ3v) is 5.20. The van der Waals surface area contributed by atoms with Crippen LogP contribution in [0.2, 0.25) is 5.02 Å². The summed E-state index contributed by atoms with van der Waals surface area (Å²) in [7, 11) is 5.74. The lowest BCUT2D eigenvalue weighted by molar-refractivity contribution is -0.168. The van der Waals surface area contributed by atoms with E-state index in [0.717, 1.165) is 26.0 Å². The molecule has 0 N–H and O–H groups in total. The number of carbonyl (C=O) groups is 1. The summed E-state index contributed by atoms with van der Waals surface area (Å²) in [6, 6.07) is 5.16. The van der Waals surface area contributed by atoms with Gasteiger partial charge in [-0.05, 0) is 51.1 Å². The Hall–Kier alpha value is -1.30. The van der Waals surface area contributed by atoms with Crippen molar-refractivity contribution in [2.75, 3.05) is 47.4 Å². The van der Waals surface area contributed by atoms with Crippen molar-refractivity contribution in [1.82, 2.24) is 9.80 Å². The lowest BCUT2D eigenvalue weighted by atomic mass is 9.82. The molecular formula is C18H25ClN2O3. The Morgan fingerprint density at radius 1 is 1.46 bits per heavy atom. The highest BCUT2D eigenvalue weighted by Crippen LogP contribution is 2.37. The zero-order valence-electron chi connectivity index (χ0n) is 14.5. The molecular weight excluding hydrogens is 328 g/mol.